The van der Waals surface area contributed by atoms with Gasteiger partial charge in [-0.2, -0.15) is 0 Å². The molecule has 0 saturated heterocycles. The standard InChI is InChI=1S/C14H12Cl2FNO/c1-19-13-6-8(15)2-4-10(13)14(18)11-7-9(17)3-5-12(11)16/h2-7,14H,18H2,1H3. The fourth-order valence-electron chi connectivity index (χ4n) is 1.86. The van der Waals surface area contributed by atoms with E-state index in [1.807, 2.05) is 0 Å². The van der Waals surface area contributed by atoms with Crippen molar-refractivity contribution in [2.45, 2.75) is 6.04 Å². The van der Waals surface area contributed by atoms with E-state index in [1.54, 1.807) is 18.2 Å². The summed E-state index contributed by atoms with van der Waals surface area (Å²) in [5.41, 5.74) is 7.33. The maximum atomic E-state index is 13.3. The fourth-order valence-corrected chi connectivity index (χ4v) is 2.26. The van der Waals surface area contributed by atoms with Crippen LogP contribution < -0.4 is 10.5 Å². The van der Waals surface area contributed by atoms with Gasteiger partial charge in [0.2, 0.25) is 0 Å². The number of rotatable bonds is 3. The Morgan fingerprint density at radius 1 is 1.11 bits per heavy atom. The first-order valence-electron chi connectivity index (χ1n) is 5.57. The molecule has 100 valence electrons. The van der Waals surface area contributed by atoms with Crippen molar-refractivity contribution in [1.82, 2.24) is 0 Å². The quantitative estimate of drug-likeness (QED) is 0.922. The number of hydrogen-bond donors (Lipinski definition) is 1. The van der Waals surface area contributed by atoms with E-state index in [2.05, 4.69) is 0 Å². The van der Waals surface area contributed by atoms with Crippen LogP contribution in [0.3, 0.4) is 0 Å². The van der Waals surface area contributed by atoms with Crippen molar-refractivity contribution in [2.75, 3.05) is 7.11 Å². The topological polar surface area (TPSA) is 35.2 Å². The van der Waals surface area contributed by atoms with E-state index in [4.69, 9.17) is 33.7 Å². The molecule has 2 nitrogen and oxygen atoms in total. The van der Waals surface area contributed by atoms with Gasteiger partial charge in [0.15, 0.2) is 0 Å². The maximum Gasteiger partial charge on any atom is 0.125 e. The Hall–Kier alpha value is -1.29. The molecule has 0 saturated carbocycles. The smallest absolute Gasteiger partial charge is 0.125 e. The van der Waals surface area contributed by atoms with Crippen molar-refractivity contribution in [3.63, 3.8) is 0 Å². The highest BCUT2D eigenvalue weighted by atomic mass is 35.5. The molecule has 0 radical (unpaired) electrons. The van der Waals surface area contributed by atoms with Gasteiger partial charge in [-0.15, -0.1) is 0 Å². The van der Waals surface area contributed by atoms with Gasteiger partial charge in [-0.25, -0.2) is 4.39 Å². The van der Waals surface area contributed by atoms with Crippen molar-refractivity contribution < 1.29 is 9.13 Å². The molecule has 1 unspecified atom stereocenters. The monoisotopic (exact) mass is 299 g/mol. The molecular formula is C14H12Cl2FNO. The lowest BCUT2D eigenvalue weighted by molar-refractivity contribution is 0.408. The Bertz CT molecular complexity index is 604. The molecule has 0 aromatic heterocycles. The lowest BCUT2D eigenvalue weighted by atomic mass is 9.98. The second kappa shape index (κ2) is 5.78. The summed E-state index contributed by atoms with van der Waals surface area (Å²) in [7, 11) is 1.52. The molecule has 0 spiro atoms. The third-order valence-electron chi connectivity index (χ3n) is 2.82. The lowest BCUT2D eigenvalue weighted by Gasteiger charge is -2.17. The molecule has 0 heterocycles. The zero-order valence-corrected chi connectivity index (χ0v) is 11.7. The Morgan fingerprint density at radius 3 is 2.53 bits per heavy atom. The summed E-state index contributed by atoms with van der Waals surface area (Å²) in [6, 6.07) is 8.60. The molecule has 19 heavy (non-hydrogen) atoms. The minimum atomic E-state index is -0.588. The van der Waals surface area contributed by atoms with Gasteiger partial charge in [0.1, 0.15) is 11.6 Å². The molecule has 0 fully saturated rings. The van der Waals surface area contributed by atoms with Crippen molar-refractivity contribution in [3.8, 4) is 5.75 Å². The first kappa shape index (κ1) is 14.1. The average Bonchev–Trinajstić information content (AvgIpc) is 2.40. The number of hydrogen-bond acceptors (Lipinski definition) is 2. The van der Waals surface area contributed by atoms with E-state index in [-0.39, 0.29) is 5.82 Å². The van der Waals surface area contributed by atoms with Gasteiger partial charge in [0.25, 0.3) is 0 Å². The highest BCUT2D eigenvalue weighted by molar-refractivity contribution is 6.31. The summed E-state index contributed by atoms with van der Waals surface area (Å²) in [6.45, 7) is 0. The first-order chi connectivity index (χ1) is 9.02. The van der Waals surface area contributed by atoms with E-state index in [1.165, 1.54) is 25.3 Å². The van der Waals surface area contributed by atoms with Gasteiger partial charge in [-0.05, 0) is 35.9 Å². The van der Waals surface area contributed by atoms with Crippen LogP contribution in [-0.4, -0.2) is 7.11 Å². The molecule has 2 rings (SSSR count). The van der Waals surface area contributed by atoms with Gasteiger partial charge < -0.3 is 10.5 Å². The Labute approximate surface area is 120 Å². The molecule has 2 aromatic carbocycles. The predicted octanol–water partition coefficient (Wildman–Crippen LogP) is 4.19. The molecule has 2 N–H and O–H groups in total. The van der Waals surface area contributed by atoms with Crippen molar-refractivity contribution in [1.29, 1.82) is 0 Å². The van der Waals surface area contributed by atoms with Crippen LogP contribution in [0.15, 0.2) is 36.4 Å². The number of methoxy groups -OCH3 is 1. The van der Waals surface area contributed by atoms with Gasteiger partial charge in [0.05, 0.1) is 13.2 Å². The Balaban J connectivity index is 2.49. The van der Waals surface area contributed by atoms with Crippen LogP contribution in [0.2, 0.25) is 10.0 Å². The van der Waals surface area contributed by atoms with Gasteiger partial charge in [0, 0.05) is 15.6 Å². The third kappa shape index (κ3) is 3.00. The van der Waals surface area contributed by atoms with Crippen LogP contribution in [0.4, 0.5) is 4.39 Å². The normalized spacial score (nSPS) is 12.3. The molecule has 0 aliphatic carbocycles. The summed E-state index contributed by atoms with van der Waals surface area (Å²) in [5.74, 6) is 0.156. The zero-order valence-electron chi connectivity index (χ0n) is 10.2. The first-order valence-corrected chi connectivity index (χ1v) is 6.32. The molecular weight excluding hydrogens is 288 g/mol. The second-order valence-electron chi connectivity index (χ2n) is 4.03. The number of ether oxygens (including phenoxy) is 1. The van der Waals surface area contributed by atoms with Crippen LogP contribution in [0.1, 0.15) is 17.2 Å². The van der Waals surface area contributed by atoms with Gasteiger partial charge in [-0.3, -0.25) is 0 Å². The molecule has 0 bridgehead atoms. The second-order valence-corrected chi connectivity index (χ2v) is 4.87. The molecule has 0 amide bonds. The highest BCUT2D eigenvalue weighted by Gasteiger charge is 2.17. The zero-order chi connectivity index (χ0) is 14.0. The van der Waals surface area contributed by atoms with E-state index in [9.17, 15) is 4.39 Å². The third-order valence-corrected chi connectivity index (χ3v) is 3.40. The summed E-state index contributed by atoms with van der Waals surface area (Å²) < 4.78 is 18.5. The number of nitrogens with two attached hydrogens (primary N) is 1. The van der Waals surface area contributed by atoms with Crippen LogP contribution in [0.5, 0.6) is 5.75 Å². The van der Waals surface area contributed by atoms with Crippen LogP contribution >= 0.6 is 23.2 Å². The Morgan fingerprint density at radius 2 is 1.84 bits per heavy atom. The largest absolute Gasteiger partial charge is 0.496 e. The lowest BCUT2D eigenvalue weighted by Crippen LogP contribution is -2.14. The van der Waals surface area contributed by atoms with E-state index in [0.717, 1.165) is 0 Å². The average molecular weight is 300 g/mol. The van der Waals surface area contributed by atoms with E-state index < -0.39 is 6.04 Å². The molecule has 2 aromatic rings. The van der Waals surface area contributed by atoms with Crippen LogP contribution in [-0.2, 0) is 0 Å². The van der Waals surface area contributed by atoms with Crippen molar-refractivity contribution in [2.24, 2.45) is 5.73 Å². The van der Waals surface area contributed by atoms with Crippen LogP contribution in [0, 0.1) is 5.82 Å². The predicted molar refractivity (Wildman–Crippen MR) is 75.4 cm³/mol. The van der Waals surface area contributed by atoms with E-state index >= 15 is 0 Å². The maximum absolute atomic E-state index is 13.3. The molecule has 5 heteroatoms. The summed E-state index contributed by atoms with van der Waals surface area (Å²) >= 11 is 12.0. The fraction of sp³-hybridized carbons (Fsp3) is 0.143. The Kier molecular flexibility index (Phi) is 4.30. The molecule has 0 aliphatic heterocycles. The summed E-state index contributed by atoms with van der Waals surface area (Å²) in [6.07, 6.45) is 0. The highest BCUT2D eigenvalue weighted by Crippen LogP contribution is 2.33. The van der Waals surface area contributed by atoms with E-state index in [0.29, 0.717) is 26.9 Å². The minimum absolute atomic E-state index is 0.386. The summed E-state index contributed by atoms with van der Waals surface area (Å²) in [4.78, 5) is 0. The molecule has 1 atom stereocenters. The van der Waals surface area contributed by atoms with Gasteiger partial charge in [-0.1, -0.05) is 29.3 Å². The van der Waals surface area contributed by atoms with Crippen molar-refractivity contribution >= 4 is 23.2 Å². The number of halogens is 3. The van der Waals surface area contributed by atoms with Gasteiger partial charge >= 0.3 is 0 Å². The minimum Gasteiger partial charge on any atom is -0.496 e. The SMILES string of the molecule is COc1cc(Cl)ccc1C(N)c1cc(F)ccc1Cl. The number of benzene rings is 2. The summed E-state index contributed by atoms with van der Waals surface area (Å²) in [5, 5.41) is 0.948. The molecule has 0 aliphatic rings. The van der Waals surface area contributed by atoms with Crippen LogP contribution in [0.25, 0.3) is 0 Å². The van der Waals surface area contributed by atoms with Crippen molar-refractivity contribution in [3.05, 3.63) is 63.4 Å².